The zero-order chi connectivity index (χ0) is 15.8. The summed E-state index contributed by atoms with van der Waals surface area (Å²) in [7, 11) is 0. The standard InChI is InChI=1S/C15H21ClN2O4/c1-2-20-7-8-22-13-4-3-11(16)9-12(13)18-15(19)14-10-17-5-6-21-14/h3-4,9,14,17H,2,5-8,10H2,1H3,(H,18,19). The number of hydrogen-bond acceptors (Lipinski definition) is 5. The van der Waals surface area contributed by atoms with Gasteiger partial charge in [0, 0.05) is 24.7 Å². The van der Waals surface area contributed by atoms with Gasteiger partial charge in [0.2, 0.25) is 0 Å². The Hall–Kier alpha value is -1.34. The number of rotatable bonds is 7. The van der Waals surface area contributed by atoms with Gasteiger partial charge in [0.05, 0.1) is 18.9 Å². The van der Waals surface area contributed by atoms with Crippen molar-refractivity contribution < 1.29 is 19.0 Å². The molecule has 0 aromatic heterocycles. The van der Waals surface area contributed by atoms with E-state index in [9.17, 15) is 4.79 Å². The third kappa shape index (κ3) is 5.14. The predicted molar refractivity (Wildman–Crippen MR) is 84.7 cm³/mol. The van der Waals surface area contributed by atoms with Crippen molar-refractivity contribution in [1.82, 2.24) is 5.32 Å². The second-order valence-corrected chi connectivity index (χ2v) is 5.18. The number of carbonyl (C=O) groups excluding carboxylic acids is 1. The molecular formula is C15H21ClN2O4. The van der Waals surface area contributed by atoms with Crippen LogP contribution in [-0.4, -0.2) is 51.5 Å². The van der Waals surface area contributed by atoms with E-state index in [1.54, 1.807) is 18.2 Å². The molecule has 1 aliphatic heterocycles. The van der Waals surface area contributed by atoms with Crippen molar-refractivity contribution in [3.63, 3.8) is 0 Å². The Morgan fingerprint density at radius 3 is 3.09 bits per heavy atom. The second kappa shape index (κ2) is 8.95. The molecule has 1 aromatic carbocycles. The van der Waals surface area contributed by atoms with Gasteiger partial charge in [-0.15, -0.1) is 0 Å². The molecule has 1 unspecified atom stereocenters. The van der Waals surface area contributed by atoms with Crippen molar-refractivity contribution in [1.29, 1.82) is 0 Å². The molecule has 2 rings (SSSR count). The number of nitrogens with one attached hydrogen (secondary N) is 2. The fraction of sp³-hybridized carbons (Fsp3) is 0.533. The monoisotopic (exact) mass is 328 g/mol. The molecule has 1 amide bonds. The third-order valence-electron chi connectivity index (χ3n) is 3.11. The Morgan fingerprint density at radius 2 is 2.36 bits per heavy atom. The molecule has 0 radical (unpaired) electrons. The lowest BCUT2D eigenvalue weighted by atomic mass is 10.2. The van der Waals surface area contributed by atoms with E-state index in [2.05, 4.69) is 10.6 Å². The summed E-state index contributed by atoms with van der Waals surface area (Å²) < 4.78 is 16.3. The Morgan fingerprint density at radius 1 is 1.50 bits per heavy atom. The minimum Gasteiger partial charge on any atom is -0.489 e. The summed E-state index contributed by atoms with van der Waals surface area (Å²) in [5.41, 5.74) is 0.531. The van der Waals surface area contributed by atoms with E-state index >= 15 is 0 Å². The highest BCUT2D eigenvalue weighted by Crippen LogP contribution is 2.28. The molecule has 0 aliphatic carbocycles. The van der Waals surface area contributed by atoms with E-state index in [1.165, 1.54) is 0 Å². The molecule has 2 N–H and O–H groups in total. The molecule has 0 spiro atoms. The lowest BCUT2D eigenvalue weighted by Crippen LogP contribution is -2.45. The summed E-state index contributed by atoms with van der Waals surface area (Å²) in [6, 6.07) is 5.10. The predicted octanol–water partition coefficient (Wildman–Crippen LogP) is 1.68. The summed E-state index contributed by atoms with van der Waals surface area (Å²) in [5.74, 6) is 0.338. The largest absolute Gasteiger partial charge is 0.489 e. The Kier molecular flexibility index (Phi) is 6.92. The topological polar surface area (TPSA) is 68.8 Å². The van der Waals surface area contributed by atoms with Gasteiger partial charge in [-0.3, -0.25) is 4.79 Å². The molecule has 0 saturated carbocycles. The Balaban J connectivity index is 1.98. The number of benzene rings is 1. The van der Waals surface area contributed by atoms with Gasteiger partial charge in [0.25, 0.3) is 5.91 Å². The minimum atomic E-state index is -0.510. The quantitative estimate of drug-likeness (QED) is 0.745. The molecule has 1 atom stereocenters. The van der Waals surface area contributed by atoms with Crippen LogP contribution >= 0.6 is 11.6 Å². The SMILES string of the molecule is CCOCCOc1ccc(Cl)cc1NC(=O)C1CNCCO1. The normalized spacial score (nSPS) is 18.0. The van der Waals surface area contributed by atoms with Gasteiger partial charge in [-0.1, -0.05) is 11.6 Å². The first-order valence-corrected chi connectivity index (χ1v) is 7.71. The van der Waals surface area contributed by atoms with Crippen LogP contribution in [0.15, 0.2) is 18.2 Å². The number of hydrogen-bond donors (Lipinski definition) is 2. The molecule has 1 aromatic rings. The summed E-state index contributed by atoms with van der Waals surface area (Å²) in [4.78, 5) is 12.2. The highest BCUT2D eigenvalue weighted by atomic mass is 35.5. The second-order valence-electron chi connectivity index (χ2n) is 4.74. The lowest BCUT2D eigenvalue weighted by Gasteiger charge is -2.23. The van der Waals surface area contributed by atoms with Crippen LogP contribution in [0.5, 0.6) is 5.75 Å². The van der Waals surface area contributed by atoms with E-state index in [0.29, 0.717) is 49.4 Å². The molecule has 1 saturated heterocycles. The van der Waals surface area contributed by atoms with Crippen LogP contribution in [0.1, 0.15) is 6.92 Å². The first-order valence-electron chi connectivity index (χ1n) is 7.34. The summed E-state index contributed by atoms with van der Waals surface area (Å²) in [6.45, 7) is 5.22. The number of halogens is 1. The van der Waals surface area contributed by atoms with Crippen LogP contribution in [0.25, 0.3) is 0 Å². The van der Waals surface area contributed by atoms with Crippen LogP contribution < -0.4 is 15.4 Å². The highest BCUT2D eigenvalue weighted by molar-refractivity contribution is 6.31. The van der Waals surface area contributed by atoms with Gasteiger partial charge in [0.1, 0.15) is 18.5 Å². The number of carbonyl (C=O) groups is 1. The number of anilines is 1. The van der Waals surface area contributed by atoms with Gasteiger partial charge in [-0.05, 0) is 25.1 Å². The Bertz CT molecular complexity index is 492. The molecule has 122 valence electrons. The van der Waals surface area contributed by atoms with Crippen molar-refractivity contribution in [3.8, 4) is 5.75 Å². The van der Waals surface area contributed by atoms with Gasteiger partial charge in [-0.2, -0.15) is 0 Å². The van der Waals surface area contributed by atoms with Crippen LogP contribution in [-0.2, 0) is 14.3 Å². The first-order chi connectivity index (χ1) is 10.7. The molecule has 1 aliphatic rings. The van der Waals surface area contributed by atoms with Gasteiger partial charge in [0.15, 0.2) is 0 Å². The van der Waals surface area contributed by atoms with Gasteiger partial charge < -0.3 is 24.8 Å². The molecular weight excluding hydrogens is 308 g/mol. The van der Waals surface area contributed by atoms with Crippen molar-refractivity contribution in [2.24, 2.45) is 0 Å². The fourth-order valence-electron chi connectivity index (χ4n) is 2.03. The average Bonchev–Trinajstić information content (AvgIpc) is 2.54. The van der Waals surface area contributed by atoms with Crippen molar-refractivity contribution >= 4 is 23.2 Å². The van der Waals surface area contributed by atoms with Crippen molar-refractivity contribution in [3.05, 3.63) is 23.2 Å². The molecule has 0 bridgehead atoms. The fourth-order valence-corrected chi connectivity index (χ4v) is 2.20. The minimum absolute atomic E-state index is 0.218. The summed E-state index contributed by atoms with van der Waals surface area (Å²) >= 11 is 5.99. The maximum absolute atomic E-state index is 12.2. The zero-order valence-corrected chi connectivity index (χ0v) is 13.3. The van der Waals surface area contributed by atoms with Crippen LogP contribution in [0.3, 0.4) is 0 Å². The molecule has 1 heterocycles. The van der Waals surface area contributed by atoms with Crippen LogP contribution in [0.4, 0.5) is 5.69 Å². The maximum atomic E-state index is 12.2. The maximum Gasteiger partial charge on any atom is 0.254 e. The van der Waals surface area contributed by atoms with Crippen LogP contribution in [0.2, 0.25) is 5.02 Å². The van der Waals surface area contributed by atoms with Gasteiger partial charge in [-0.25, -0.2) is 0 Å². The van der Waals surface area contributed by atoms with Crippen LogP contribution in [0, 0.1) is 0 Å². The highest BCUT2D eigenvalue weighted by Gasteiger charge is 2.22. The smallest absolute Gasteiger partial charge is 0.254 e. The van der Waals surface area contributed by atoms with Crippen molar-refractivity contribution in [2.45, 2.75) is 13.0 Å². The molecule has 7 heteroatoms. The average molecular weight is 329 g/mol. The molecule has 1 fully saturated rings. The summed E-state index contributed by atoms with van der Waals surface area (Å²) in [6.07, 6.45) is -0.510. The number of amides is 1. The molecule has 22 heavy (non-hydrogen) atoms. The van der Waals surface area contributed by atoms with E-state index in [1.807, 2.05) is 6.92 Å². The number of ether oxygens (including phenoxy) is 3. The summed E-state index contributed by atoms with van der Waals surface area (Å²) in [5, 5.41) is 6.45. The van der Waals surface area contributed by atoms with Crippen molar-refractivity contribution in [2.75, 3.05) is 44.8 Å². The van der Waals surface area contributed by atoms with E-state index in [0.717, 1.165) is 6.54 Å². The van der Waals surface area contributed by atoms with E-state index in [-0.39, 0.29) is 5.91 Å². The Labute approximate surface area is 135 Å². The number of morpholine rings is 1. The lowest BCUT2D eigenvalue weighted by molar-refractivity contribution is -0.128. The third-order valence-corrected chi connectivity index (χ3v) is 3.34. The molecule has 6 nitrogen and oxygen atoms in total. The van der Waals surface area contributed by atoms with E-state index in [4.69, 9.17) is 25.8 Å². The van der Waals surface area contributed by atoms with E-state index < -0.39 is 6.10 Å². The van der Waals surface area contributed by atoms with Gasteiger partial charge >= 0.3 is 0 Å². The zero-order valence-electron chi connectivity index (χ0n) is 12.6. The first kappa shape index (κ1) is 17.0.